The van der Waals surface area contributed by atoms with Crippen LogP contribution in [0.25, 0.3) is 0 Å². The predicted octanol–water partition coefficient (Wildman–Crippen LogP) is 4.11. The molecular weight excluding hydrogens is 250 g/mol. The number of aryl methyl sites for hydroxylation is 1. The van der Waals surface area contributed by atoms with Crippen molar-refractivity contribution in [3.05, 3.63) is 46.0 Å². The monoisotopic (exact) mass is 267 g/mol. The summed E-state index contributed by atoms with van der Waals surface area (Å²) in [6.45, 7) is 8.20. The smallest absolute Gasteiger partial charge is 0.0335 e. The SMILES string of the molecule is C=C(CC)CC(N)c1ccc(Br)cc1C. The summed E-state index contributed by atoms with van der Waals surface area (Å²) >= 11 is 3.45. The van der Waals surface area contributed by atoms with Gasteiger partial charge in [0.2, 0.25) is 0 Å². The van der Waals surface area contributed by atoms with Gasteiger partial charge in [0.25, 0.3) is 0 Å². The molecule has 1 aromatic carbocycles. The van der Waals surface area contributed by atoms with E-state index in [0.29, 0.717) is 0 Å². The Balaban J connectivity index is 2.82. The minimum Gasteiger partial charge on any atom is -0.324 e. The van der Waals surface area contributed by atoms with Gasteiger partial charge >= 0.3 is 0 Å². The van der Waals surface area contributed by atoms with Crippen molar-refractivity contribution in [2.45, 2.75) is 32.7 Å². The molecule has 15 heavy (non-hydrogen) atoms. The van der Waals surface area contributed by atoms with Crippen LogP contribution in [-0.4, -0.2) is 0 Å². The fraction of sp³-hybridized carbons (Fsp3) is 0.385. The molecule has 0 saturated heterocycles. The topological polar surface area (TPSA) is 26.0 Å². The third-order valence-corrected chi connectivity index (χ3v) is 3.13. The maximum absolute atomic E-state index is 6.15. The van der Waals surface area contributed by atoms with Gasteiger partial charge in [0.15, 0.2) is 0 Å². The Labute approximate surface area is 101 Å². The summed E-state index contributed by atoms with van der Waals surface area (Å²) in [5, 5.41) is 0. The Morgan fingerprint density at radius 3 is 2.73 bits per heavy atom. The van der Waals surface area contributed by atoms with E-state index in [9.17, 15) is 0 Å². The molecular formula is C13H18BrN. The zero-order valence-corrected chi connectivity index (χ0v) is 11.0. The Kier molecular flexibility index (Phi) is 4.55. The first-order valence-electron chi connectivity index (χ1n) is 5.23. The minimum atomic E-state index is 0.0746. The van der Waals surface area contributed by atoms with Crippen molar-refractivity contribution < 1.29 is 0 Å². The first-order valence-corrected chi connectivity index (χ1v) is 6.02. The molecule has 0 aliphatic carbocycles. The van der Waals surface area contributed by atoms with E-state index in [0.717, 1.165) is 17.3 Å². The summed E-state index contributed by atoms with van der Waals surface area (Å²) in [7, 11) is 0. The molecule has 1 nitrogen and oxygen atoms in total. The van der Waals surface area contributed by atoms with Gasteiger partial charge in [-0.25, -0.2) is 0 Å². The molecule has 1 atom stereocenters. The number of halogens is 1. The third kappa shape index (κ3) is 3.47. The van der Waals surface area contributed by atoms with Crippen LogP contribution in [0.4, 0.5) is 0 Å². The van der Waals surface area contributed by atoms with Crippen LogP contribution in [0.3, 0.4) is 0 Å². The standard InChI is InChI=1S/C13H18BrN/c1-4-9(2)7-13(15)12-6-5-11(14)8-10(12)3/h5-6,8,13H,2,4,7,15H2,1,3H3. The molecule has 0 aliphatic rings. The molecule has 0 bridgehead atoms. The average Bonchev–Trinajstić information content (AvgIpc) is 2.17. The largest absolute Gasteiger partial charge is 0.324 e. The van der Waals surface area contributed by atoms with Crippen molar-refractivity contribution in [2.24, 2.45) is 5.73 Å². The van der Waals surface area contributed by atoms with E-state index in [4.69, 9.17) is 5.73 Å². The fourth-order valence-corrected chi connectivity index (χ4v) is 2.10. The molecule has 0 spiro atoms. The maximum Gasteiger partial charge on any atom is 0.0335 e. The Morgan fingerprint density at radius 2 is 2.20 bits per heavy atom. The van der Waals surface area contributed by atoms with Crippen molar-refractivity contribution >= 4 is 15.9 Å². The summed E-state index contributed by atoms with van der Waals surface area (Å²) in [5.74, 6) is 0. The molecule has 1 unspecified atom stereocenters. The second-order valence-electron chi connectivity index (χ2n) is 3.92. The first-order chi connectivity index (χ1) is 7.04. The van der Waals surface area contributed by atoms with E-state index in [2.05, 4.69) is 48.5 Å². The number of hydrogen-bond acceptors (Lipinski definition) is 1. The molecule has 1 rings (SSSR count). The number of hydrogen-bond donors (Lipinski definition) is 1. The van der Waals surface area contributed by atoms with Gasteiger partial charge in [-0.2, -0.15) is 0 Å². The van der Waals surface area contributed by atoms with Gasteiger partial charge in [0.1, 0.15) is 0 Å². The second kappa shape index (κ2) is 5.47. The van der Waals surface area contributed by atoms with Crippen LogP contribution in [-0.2, 0) is 0 Å². The molecule has 1 aromatic rings. The summed E-state index contributed by atoms with van der Waals surface area (Å²) in [5.41, 5.74) is 9.81. The normalized spacial score (nSPS) is 12.5. The van der Waals surface area contributed by atoms with Crippen LogP contribution >= 0.6 is 15.9 Å². The van der Waals surface area contributed by atoms with Crippen molar-refractivity contribution in [1.82, 2.24) is 0 Å². The van der Waals surface area contributed by atoms with Gasteiger partial charge in [0, 0.05) is 10.5 Å². The van der Waals surface area contributed by atoms with Crippen LogP contribution in [0.15, 0.2) is 34.8 Å². The van der Waals surface area contributed by atoms with Gasteiger partial charge in [0.05, 0.1) is 0 Å². The summed E-state index contributed by atoms with van der Waals surface area (Å²) < 4.78 is 1.10. The van der Waals surface area contributed by atoms with Crippen LogP contribution in [0.1, 0.15) is 36.9 Å². The van der Waals surface area contributed by atoms with Gasteiger partial charge in [-0.3, -0.25) is 0 Å². The zero-order valence-electron chi connectivity index (χ0n) is 9.39. The van der Waals surface area contributed by atoms with E-state index in [1.165, 1.54) is 16.7 Å². The Bertz CT molecular complexity index is 358. The van der Waals surface area contributed by atoms with Crippen molar-refractivity contribution in [2.75, 3.05) is 0 Å². The lowest BCUT2D eigenvalue weighted by molar-refractivity contribution is 0.696. The average molecular weight is 268 g/mol. The fourth-order valence-electron chi connectivity index (χ4n) is 1.62. The quantitative estimate of drug-likeness (QED) is 0.817. The lowest BCUT2D eigenvalue weighted by Crippen LogP contribution is -2.12. The Hall–Kier alpha value is -0.600. The van der Waals surface area contributed by atoms with Gasteiger partial charge in [-0.15, -0.1) is 0 Å². The van der Waals surface area contributed by atoms with Crippen LogP contribution < -0.4 is 5.73 Å². The van der Waals surface area contributed by atoms with Gasteiger partial charge < -0.3 is 5.73 Å². The van der Waals surface area contributed by atoms with Crippen LogP contribution in [0.2, 0.25) is 0 Å². The molecule has 0 fully saturated rings. The highest BCUT2D eigenvalue weighted by molar-refractivity contribution is 9.10. The minimum absolute atomic E-state index is 0.0746. The molecule has 82 valence electrons. The van der Waals surface area contributed by atoms with Crippen molar-refractivity contribution in [3.63, 3.8) is 0 Å². The van der Waals surface area contributed by atoms with Gasteiger partial charge in [-0.1, -0.05) is 41.1 Å². The highest BCUT2D eigenvalue weighted by Crippen LogP contribution is 2.24. The molecule has 2 heteroatoms. The predicted molar refractivity (Wildman–Crippen MR) is 69.9 cm³/mol. The maximum atomic E-state index is 6.15. The van der Waals surface area contributed by atoms with Gasteiger partial charge in [-0.05, 0) is 43.0 Å². The summed E-state index contributed by atoms with van der Waals surface area (Å²) in [6, 6.07) is 6.30. The molecule has 0 aromatic heterocycles. The van der Waals surface area contributed by atoms with Crippen molar-refractivity contribution in [1.29, 1.82) is 0 Å². The number of nitrogens with two attached hydrogens (primary N) is 1. The zero-order chi connectivity index (χ0) is 11.4. The van der Waals surface area contributed by atoms with E-state index in [1.807, 2.05) is 6.07 Å². The summed E-state index contributed by atoms with van der Waals surface area (Å²) in [4.78, 5) is 0. The second-order valence-corrected chi connectivity index (χ2v) is 4.83. The molecule has 2 N–H and O–H groups in total. The lowest BCUT2D eigenvalue weighted by atomic mass is 9.96. The molecule has 0 radical (unpaired) electrons. The van der Waals surface area contributed by atoms with E-state index >= 15 is 0 Å². The van der Waals surface area contributed by atoms with Crippen molar-refractivity contribution in [3.8, 4) is 0 Å². The lowest BCUT2D eigenvalue weighted by Gasteiger charge is -2.15. The highest BCUT2D eigenvalue weighted by atomic mass is 79.9. The van der Waals surface area contributed by atoms with E-state index in [-0.39, 0.29) is 6.04 Å². The molecule has 0 amide bonds. The molecule has 0 aliphatic heterocycles. The molecule has 0 saturated carbocycles. The third-order valence-electron chi connectivity index (χ3n) is 2.64. The number of benzene rings is 1. The van der Waals surface area contributed by atoms with Crippen LogP contribution in [0, 0.1) is 6.92 Å². The van der Waals surface area contributed by atoms with E-state index in [1.54, 1.807) is 0 Å². The van der Waals surface area contributed by atoms with E-state index < -0.39 is 0 Å². The highest BCUT2D eigenvalue weighted by Gasteiger charge is 2.09. The van der Waals surface area contributed by atoms with Crippen LogP contribution in [0.5, 0.6) is 0 Å². The number of rotatable bonds is 4. The Morgan fingerprint density at radius 1 is 1.53 bits per heavy atom. The first kappa shape index (κ1) is 12.5. The summed E-state index contributed by atoms with van der Waals surface area (Å²) in [6.07, 6.45) is 1.88. The molecule has 0 heterocycles.